The lowest BCUT2D eigenvalue weighted by atomic mass is 10.1. The molecule has 1 heterocycles. The first kappa shape index (κ1) is 14.0. The van der Waals surface area contributed by atoms with Gasteiger partial charge >= 0.3 is 0 Å². The van der Waals surface area contributed by atoms with Crippen LogP contribution >= 0.6 is 11.3 Å². The van der Waals surface area contributed by atoms with Crippen LogP contribution in [0, 0.1) is 0 Å². The lowest BCUT2D eigenvalue weighted by Gasteiger charge is -2.00. The maximum atomic E-state index is 12.3. The Morgan fingerprint density at radius 1 is 1.05 bits per heavy atom. The quantitative estimate of drug-likeness (QED) is 0.514. The molecule has 2 nitrogen and oxygen atoms in total. The van der Waals surface area contributed by atoms with E-state index in [0.717, 1.165) is 18.5 Å². The van der Waals surface area contributed by atoms with E-state index in [1.165, 1.54) is 15.2 Å². The number of aryl methyl sites for hydroxylation is 2. The summed E-state index contributed by atoms with van der Waals surface area (Å²) in [5, 5.41) is 1.33. The normalized spacial score (nSPS) is 10.9. The summed E-state index contributed by atoms with van der Waals surface area (Å²) in [4.78, 5) is 12.3. The van der Waals surface area contributed by atoms with Crippen molar-refractivity contribution in [3.63, 3.8) is 0 Å². The minimum Gasteiger partial charge on any atom is -0.294 e. The molecule has 3 rings (SSSR count). The first-order chi connectivity index (χ1) is 10.3. The average Bonchev–Trinajstić information content (AvgIpc) is 2.91. The molecule has 21 heavy (non-hydrogen) atoms. The van der Waals surface area contributed by atoms with E-state index in [0.29, 0.717) is 6.42 Å². The Morgan fingerprint density at radius 2 is 1.76 bits per heavy atom. The van der Waals surface area contributed by atoms with Gasteiger partial charge in [-0.05, 0) is 6.07 Å². The van der Waals surface area contributed by atoms with E-state index in [1.807, 2.05) is 41.7 Å². The predicted octanol–water partition coefficient (Wildman–Crippen LogP) is 4.02. The summed E-state index contributed by atoms with van der Waals surface area (Å²) in [6.07, 6.45) is 1.54. The van der Waals surface area contributed by atoms with Gasteiger partial charge in [0.25, 0.3) is 0 Å². The third-order valence-corrected chi connectivity index (χ3v) is 4.96. The van der Waals surface area contributed by atoms with Gasteiger partial charge in [0.15, 0.2) is 12.3 Å². The van der Waals surface area contributed by atoms with Crippen molar-refractivity contribution in [2.75, 3.05) is 0 Å². The van der Waals surface area contributed by atoms with E-state index in [1.54, 1.807) is 0 Å². The maximum Gasteiger partial charge on any atom is 0.238 e. The summed E-state index contributed by atoms with van der Waals surface area (Å²) in [6.45, 7) is 2.92. The number of carbonyl (C=O) groups is 1. The number of ketones is 1. The summed E-state index contributed by atoms with van der Waals surface area (Å²) in [7, 11) is 0. The van der Waals surface area contributed by atoms with Crippen LogP contribution < -0.4 is 4.57 Å². The molecule has 0 N–H and O–H groups in total. The number of carbonyl (C=O) groups excluding carboxylic acids is 1. The maximum absolute atomic E-state index is 12.3. The Labute approximate surface area is 128 Å². The van der Waals surface area contributed by atoms with Crippen molar-refractivity contribution in [3.05, 3.63) is 65.2 Å². The number of rotatable bonds is 5. The van der Waals surface area contributed by atoms with Gasteiger partial charge in [-0.15, -0.1) is 0 Å². The SMILES string of the molecule is CCc1sc2ccccc2[n+]1CCC(=O)c1ccccc1. The zero-order chi connectivity index (χ0) is 14.7. The zero-order valence-electron chi connectivity index (χ0n) is 12.1. The van der Waals surface area contributed by atoms with Gasteiger partial charge in [0.1, 0.15) is 4.70 Å². The lowest BCUT2D eigenvalue weighted by molar-refractivity contribution is -0.672. The van der Waals surface area contributed by atoms with Crippen LogP contribution in [0.15, 0.2) is 54.6 Å². The second-order valence-corrected chi connectivity index (χ2v) is 6.12. The molecule has 0 aliphatic rings. The van der Waals surface area contributed by atoms with Gasteiger partial charge in [-0.3, -0.25) is 4.79 Å². The van der Waals surface area contributed by atoms with Crippen molar-refractivity contribution in [2.24, 2.45) is 0 Å². The standard InChI is InChI=1S/C18H18NOS/c1-2-18-19(15-10-6-7-11-17(15)21-18)13-12-16(20)14-8-4-3-5-9-14/h3-11H,2,12-13H2,1H3/q+1. The average molecular weight is 296 g/mol. The highest BCUT2D eigenvalue weighted by atomic mass is 32.1. The molecule has 0 unspecified atom stereocenters. The van der Waals surface area contributed by atoms with Gasteiger partial charge in [0.05, 0.1) is 6.42 Å². The third-order valence-electron chi connectivity index (χ3n) is 3.65. The number of aromatic nitrogens is 1. The van der Waals surface area contributed by atoms with Crippen molar-refractivity contribution in [2.45, 2.75) is 26.3 Å². The van der Waals surface area contributed by atoms with Gasteiger partial charge in [-0.25, -0.2) is 0 Å². The zero-order valence-corrected chi connectivity index (χ0v) is 12.9. The highest BCUT2D eigenvalue weighted by Crippen LogP contribution is 2.20. The van der Waals surface area contributed by atoms with Gasteiger partial charge in [-0.1, -0.05) is 60.7 Å². The number of thiazole rings is 1. The molecule has 2 aromatic carbocycles. The molecule has 0 aliphatic heterocycles. The van der Waals surface area contributed by atoms with Gasteiger partial charge in [0.2, 0.25) is 10.5 Å². The molecule has 106 valence electrons. The van der Waals surface area contributed by atoms with Crippen molar-refractivity contribution < 1.29 is 9.36 Å². The van der Waals surface area contributed by atoms with E-state index in [2.05, 4.69) is 35.8 Å². The van der Waals surface area contributed by atoms with Gasteiger partial charge < -0.3 is 0 Å². The first-order valence-corrected chi connectivity index (χ1v) is 8.09. The Morgan fingerprint density at radius 3 is 2.52 bits per heavy atom. The summed E-state index contributed by atoms with van der Waals surface area (Å²) in [5.41, 5.74) is 2.04. The number of fused-ring (bicyclic) bond motifs is 1. The van der Waals surface area contributed by atoms with E-state index in [-0.39, 0.29) is 5.78 Å². The van der Waals surface area contributed by atoms with Crippen LogP contribution in [0.4, 0.5) is 0 Å². The molecule has 0 saturated heterocycles. The molecule has 0 bridgehead atoms. The Balaban J connectivity index is 1.83. The number of para-hydroxylation sites is 1. The topological polar surface area (TPSA) is 20.9 Å². The van der Waals surface area contributed by atoms with Crippen molar-refractivity contribution in [3.8, 4) is 0 Å². The molecule has 3 aromatic rings. The summed E-state index contributed by atoms with van der Waals surface area (Å²) >= 11 is 1.82. The highest BCUT2D eigenvalue weighted by molar-refractivity contribution is 7.18. The Bertz CT molecular complexity index is 761. The van der Waals surface area contributed by atoms with Crippen LogP contribution in [0.25, 0.3) is 10.2 Å². The monoisotopic (exact) mass is 296 g/mol. The number of Topliss-reactive ketones (excluding diaryl/α,β-unsaturated/α-hetero) is 1. The van der Waals surface area contributed by atoms with Crippen LogP contribution in [0.5, 0.6) is 0 Å². The summed E-state index contributed by atoms with van der Waals surface area (Å²) in [5.74, 6) is 0.209. The van der Waals surface area contributed by atoms with E-state index < -0.39 is 0 Å². The molecule has 0 saturated carbocycles. The molecule has 0 radical (unpaired) electrons. The number of hydrogen-bond donors (Lipinski definition) is 0. The smallest absolute Gasteiger partial charge is 0.238 e. The highest BCUT2D eigenvalue weighted by Gasteiger charge is 2.19. The van der Waals surface area contributed by atoms with Crippen molar-refractivity contribution in [1.82, 2.24) is 0 Å². The molecular weight excluding hydrogens is 278 g/mol. The molecule has 0 spiro atoms. The fourth-order valence-corrected chi connectivity index (χ4v) is 3.70. The minimum atomic E-state index is 0.209. The molecular formula is C18H18NOS+. The van der Waals surface area contributed by atoms with Gasteiger partial charge in [-0.2, -0.15) is 4.57 Å². The summed E-state index contributed by atoms with van der Waals surface area (Å²) in [6, 6.07) is 18.0. The van der Waals surface area contributed by atoms with Crippen LogP contribution in [-0.4, -0.2) is 5.78 Å². The minimum absolute atomic E-state index is 0.209. The van der Waals surface area contributed by atoms with Gasteiger partial charge in [0, 0.05) is 18.1 Å². The molecule has 3 heteroatoms. The second kappa shape index (κ2) is 6.19. The number of benzene rings is 2. The molecule has 1 aromatic heterocycles. The van der Waals surface area contributed by atoms with Crippen LogP contribution in [0.1, 0.15) is 28.7 Å². The van der Waals surface area contributed by atoms with Crippen LogP contribution in [0.2, 0.25) is 0 Å². The van der Waals surface area contributed by atoms with E-state index >= 15 is 0 Å². The molecule has 0 amide bonds. The molecule has 0 atom stereocenters. The lowest BCUT2D eigenvalue weighted by Crippen LogP contribution is -2.37. The number of nitrogens with zero attached hydrogens (tertiary/aromatic N) is 1. The van der Waals surface area contributed by atoms with E-state index in [4.69, 9.17) is 0 Å². The predicted molar refractivity (Wildman–Crippen MR) is 86.8 cm³/mol. The van der Waals surface area contributed by atoms with Crippen LogP contribution in [-0.2, 0) is 13.0 Å². The first-order valence-electron chi connectivity index (χ1n) is 7.28. The Hall–Kier alpha value is -2.00. The van der Waals surface area contributed by atoms with Crippen molar-refractivity contribution >= 4 is 27.3 Å². The summed E-state index contributed by atoms with van der Waals surface area (Å²) < 4.78 is 3.59. The molecule has 0 fully saturated rings. The van der Waals surface area contributed by atoms with Crippen LogP contribution in [0.3, 0.4) is 0 Å². The van der Waals surface area contributed by atoms with E-state index in [9.17, 15) is 4.79 Å². The fraction of sp³-hybridized carbons (Fsp3) is 0.222. The fourth-order valence-electron chi connectivity index (χ4n) is 2.57. The largest absolute Gasteiger partial charge is 0.294 e. The second-order valence-electron chi connectivity index (χ2n) is 5.01. The number of hydrogen-bond acceptors (Lipinski definition) is 2. The Kier molecular flexibility index (Phi) is 4.11. The third kappa shape index (κ3) is 2.88. The molecule has 0 aliphatic carbocycles. The van der Waals surface area contributed by atoms with Crippen molar-refractivity contribution in [1.29, 1.82) is 0 Å².